The van der Waals surface area contributed by atoms with Crippen LogP contribution >= 0.6 is 0 Å². The Labute approximate surface area is 191 Å². The van der Waals surface area contributed by atoms with Crippen molar-refractivity contribution in [2.45, 2.75) is 38.6 Å². The average Bonchev–Trinajstić information content (AvgIpc) is 2.81. The maximum Gasteiger partial charge on any atom is 0.243 e. The van der Waals surface area contributed by atoms with E-state index in [-0.39, 0.29) is 16.8 Å². The van der Waals surface area contributed by atoms with Crippen molar-refractivity contribution in [2.24, 2.45) is 0 Å². The van der Waals surface area contributed by atoms with Crippen LogP contribution in [-0.4, -0.2) is 73.8 Å². The summed E-state index contributed by atoms with van der Waals surface area (Å²) in [5.41, 5.74) is 1.15. The first-order chi connectivity index (χ1) is 15.3. The van der Waals surface area contributed by atoms with Gasteiger partial charge in [-0.25, -0.2) is 13.4 Å². The van der Waals surface area contributed by atoms with Gasteiger partial charge >= 0.3 is 0 Å². The van der Waals surface area contributed by atoms with E-state index in [1.165, 1.54) is 4.31 Å². The molecular weight excluding hydrogens is 426 g/mol. The average molecular weight is 460 g/mol. The molecule has 9 heteroatoms. The number of nitrogens with zero attached hydrogens (tertiary/aromatic N) is 4. The van der Waals surface area contributed by atoms with E-state index in [1.54, 1.807) is 31.3 Å². The SMILES string of the molecule is CCN(CC)S(=O)(=O)c1cc(NC(=O)[C@@H](C)N2CCN(c3ccccn3)CC2)ccc1C. The van der Waals surface area contributed by atoms with E-state index >= 15 is 0 Å². The molecule has 32 heavy (non-hydrogen) atoms. The van der Waals surface area contributed by atoms with Crippen LogP contribution in [0.2, 0.25) is 0 Å². The highest BCUT2D eigenvalue weighted by Gasteiger charge is 2.27. The van der Waals surface area contributed by atoms with Gasteiger partial charge in [0, 0.05) is 51.2 Å². The molecule has 1 amide bonds. The molecule has 2 aromatic rings. The van der Waals surface area contributed by atoms with Crippen LogP contribution in [0.1, 0.15) is 26.3 Å². The Morgan fingerprint density at radius 3 is 2.41 bits per heavy atom. The van der Waals surface area contributed by atoms with Gasteiger partial charge in [0.25, 0.3) is 0 Å². The molecule has 1 atom stereocenters. The molecule has 1 aromatic heterocycles. The molecule has 1 aliphatic rings. The van der Waals surface area contributed by atoms with Crippen molar-refractivity contribution in [3.8, 4) is 0 Å². The molecule has 1 N–H and O–H groups in total. The maximum atomic E-state index is 13.0. The van der Waals surface area contributed by atoms with Crippen LogP contribution in [0.25, 0.3) is 0 Å². The van der Waals surface area contributed by atoms with E-state index in [0.717, 1.165) is 32.0 Å². The summed E-state index contributed by atoms with van der Waals surface area (Å²) in [6, 6.07) is 10.6. The van der Waals surface area contributed by atoms with E-state index in [4.69, 9.17) is 0 Å². The van der Waals surface area contributed by atoms with Gasteiger partial charge < -0.3 is 10.2 Å². The molecule has 0 aliphatic carbocycles. The van der Waals surface area contributed by atoms with Gasteiger partial charge in [-0.15, -0.1) is 0 Å². The number of aryl methyl sites for hydroxylation is 1. The number of carbonyl (C=O) groups is 1. The summed E-state index contributed by atoms with van der Waals surface area (Å²) in [6.07, 6.45) is 1.79. The highest BCUT2D eigenvalue weighted by molar-refractivity contribution is 7.89. The number of hydrogen-bond donors (Lipinski definition) is 1. The van der Waals surface area contributed by atoms with Crippen molar-refractivity contribution in [3.05, 3.63) is 48.2 Å². The second-order valence-electron chi connectivity index (χ2n) is 7.95. The summed E-state index contributed by atoms with van der Waals surface area (Å²) in [5.74, 6) is 0.803. The topological polar surface area (TPSA) is 85.8 Å². The Hall–Kier alpha value is -2.49. The Balaban J connectivity index is 1.66. The predicted octanol–water partition coefficient (Wildman–Crippen LogP) is 2.57. The van der Waals surface area contributed by atoms with E-state index in [2.05, 4.69) is 20.1 Å². The standard InChI is InChI=1S/C23H33N5O3S/c1-5-28(6-2)32(30,31)21-17-20(11-10-18(21)3)25-23(29)19(4)26-13-15-27(16-14-26)22-9-7-8-12-24-22/h7-12,17,19H,5-6,13-16H2,1-4H3,(H,25,29)/t19-/m1/s1. The van der Waals surface area contributed by atoms with Crippen LogP contribution in [-0.2, 0) is 14.8 Å². The number of amides is 1. The van der Waals surface area contributed by atoms with Crippen molar-refractivity contribution >= 4 is 27.4 Å². The number of anilines is 2. The van der Waals surface area contributed by atoms with Crippen LogP contribution in [0, 0.1) is 6.92 Å². The Bertz CT molecular complexity index is 1020. The zero-order valence-corrected chi connectivity index (χ0v) is 20.1. The smallest absolute Gasteiger partial charge is 0.243 e. The second kappa shape index (κ2) is 10.4. The van der Waals surface area contributed by atoms with Gasteiger partial charge in [0.05, 0.1) is 10.9 Å². The molecule has 1 fully saturated rings. The molecule has 0 bridgehead atoms. The highest BCUT2D eigenvalue weighted by atomic mass is 32.2. The zero-order valence-electron chi connectivity index (χ0n) is 19.3. The van der Waals surface area contributed by atoms with Gasteiger partial charge in [0.15, 0.2) is 0 Å². The molecule has 1 aliphatic heterocycles. The first-order valence-electron chi connectivity index (χ1n) is 11.1. The largest absolute Gasteiger partial charge is 0.354 e. The molecule has 0 saturated carbocycles. The first kappa shape index (κ1) is 24.2. The number of nitrogens with one attached hydrogen (secondary N) is 1. The van der Waals surface area contributed by atoms with Crippen molar-refractivity contribution < 1.29 is 13.2 Å². The summed E-state index contributed by atoms with van der Waals surface area (Å²) in [5, 5.41) is 2.91. The number of aromatic nitrogens is 1. The lowest BCUT2D eigenvalue weighted by Gasteiger charge is -2.37. The van der Waals surface area contributed by atoms with Gasteiger partial charge in [-0.05, 0) is 43.7 Å². The normalized spacial score (nSPS) is 16.2. The molecule has 0 radical (unpaired) electrons. The molecule has 3 rings (SSSR count). The third-order valence-electron chi connectivity index (χ3n) is 5.99. The van der Waals surface area contributed by atoms with Crippen molar-refractivity contribution in [1.82, 2.24) is 14.2 Å². The summed E-state index contributed by atoms with van der Waals surface area (Å²) >= 11 is 0. The summed E-state index contributed by atoms with van der Waals surface area (Å²) in [7, 11) is -3.60. The van der Waals surface area contributed by atoms with Crippen LogP contribution in [0.15, 0.2) is 47.5 Å². The summed E-state index contributed by atoms with van der Waals surface area (Å²) in [4.78, 5) is 21.9. The van der Waals surface area contributed by atoms with Crippen molar-refractivity contribution in [3.63, 3.8) is 0 Å². The number of sulfonamides is 1. The van der Waals surface area contributed by atoms with Gasteiger partial charge in [-0.1, -0.05) is 26.0 Å². The van der Waals surface area contributed by atoms with Gasteiger partial charge in [-0.3, -0.25) is 9.69 Å². The Kier molecular flexibility index (Phi) is 7.86. The van der Waals surface area contributed by atoms with Crippen LogP contribution in [0.4, 0.5) is 11.5 Å². The van der Waals surface area contributed by atoms with Gasteiger partial charge in [-0.2, -0.15) is 4.31 Å². The third-order valence-corrected chi connectivity index (χ3v) is 8.19. The Morgan fingerprint density at radius 2 is 1.81 bits per heavy atom. The number of pyridine rings is 1. The van der Waals surface area contributed by atoms with Crippen LogP contribution < -0.4 is 10.2 Å². The molecule has 8 nitrogen and oxygen atoms in total. The molecule has 0 spiro atoms. The number of benzene rings is 1. The van der Waals surface area contributed by atoms with E-state index in [9.17, 15) is 13.2 Å². The lowest BCUT2D eigenvalue weighted by atomic mass is 10.2. The fraction of sp³-hybridized carbons (Fsp3) is 0.478. The molecule has 1 saturated heterocycles. The van der Waals surface area contributed by atoms with E-state index in [1.807, 2.05) is 39.0 Å². The quantitative estimate of drug-likeness (QED) is 0.653. The lowest BCUT2D eigenvalue weighted by Crippen LogP contribution is -2.53. The first-order valence-corrected chi connectivity index (χ1v) is 12.5. The predicted molar refractivity (Wildman–Crippen MR) is 127 cm³/mol. The number of hydrogen-bond acceptors (Lipinski definition) is 6. The minimum Gasteiger partial charge on any atom is -0.354 e. The minimum absolute atomic E-state index is 0.147. The highest BCUT2D eigenvalue weighted by Crippen LogP contribution is 2.24. The summed E-state index contributed by atoms with van der Waals surface area (Å²) < 4.78 is 27.4. The van der Waals surface area contributed by atoms with Crippen LogP contribution in [0.3, 0.4) is 0 Å². The Morgan fingerprint density at radius 1 is 1.12 bits per heavy atom. The van der Waals surface area contributed by atoms with Crippen molar-refractivity contribution in [2.75, 3.05) is 49.5 Å². The zero-order chi connectivity index (χ0) is 23.3. The third kappa shape index (κ3) is 5.28. The molecule has 1 aromatic carbocycles. The fourth-order valence-electron chi connectivity index (χ4n) is 3.95. The molecule has 0 unspecified atom stereocenters. The van der Waals surface area contributed by atoms with E-state index < -0.39 is 10.0 Å². The lowest BCUT2D eigenvalue weighted by molar-refractivity contribution is -0.120. The second-order valence-corrected chi connectivity index (χ2v) is 9.85. The van der Waals surface area contributed by atoms with Gasteiger partial charge in [0.2, 0.25) is 15.9 Å². The molecule has 2 heterocycles. The van der Waals surface area contributed by atoms with Gasteiger partial charge in [0.1, 0.15) is 5.82 Å². The fourth-order valence-corrected chi connectivity index (χ4v) is 5.66. The summed E-state index contributed by atoms with van der Waals surface area (Å²) in [6.45, 7) is 11.2. The maximum absolute atomic E-state index is 13.0. The van der Waals surface area contributed by atoms with Crippen LogP contribution in [0.5, 0.6) is 0 Å². The minimum atomic E-state index is -3.60. The van der Waals surface area contributed by atoms with E-state index in [0.29, 0.717) is 24.3 Å². The molecule has 174 valence electrons. The number of piperazine rings is 1. The number of rotatable bonds is 8. The monoisotopic (exact) mass is 459 g/mol. The molecular formula is C23H33N5O3S. The van der Waals surface area contributed by atoms with Crippen molar-refractivity contribution in [1.29, 1.82) is 0 Å². The number of carbonyl (C=O) groups excluding carboxylic acids is 1.